The van der Waals surface area contributed by atoms with Crippen molar-refractivity contribution in [3.8, 4) is 5.75 Å². The molecule has 0 atom stereocenters. The van der Waals surface area contributed by atoms with Crippen LogP contribution in [0.4, 0.5) is 5.69 Å². The van der Waals surface area contributed by atoms with Gasteiger partial charge in [0.2, 0.25) is 10.0 Å². The second kappa shape index (κ2) is 6.90. The summed E-state index contributed by atoms with van der Waals surface area (Å²) >= 11 is 4.88. The molecule has 0 bridgehead atoms. The Bertz CT molecular complexity index is 583. The number of nitrogens with one attached hydrogen (secondary N) is 1. The Morgan fingerprint density at radius 3 is 2.60 bits per heavy atom. The standard InChI is InChI=1S/C13H20N2O3S2/c1-9(2)6-7-20(16,17)15-11-5-4-10(13(14)19)8-12(11)18-3/h4-5,8-9,15H,6-7H2,1-3H3,(H2,14,19). The van der Waals surface area contributed by atoms with Gasteiger partial charge in [0.1, 0.15) is 10.7 Å². The van der Waals surface area contributed by atoms with Gasteiger partial charge in [0.05, 0.1) is 18.6 Å². The van der Waals surface area contributed by atoms with Crippen molar-refractivity contribution in [1.29, 1.82) is 0 Å². The van der Waals surface area contributed by atoms with E-state index >= 15 is 0 Å². The summed E-state index contributed by atoms with van der Waals surface area (Å²) in [7, 11) is -1.93. The number of hydrogen-bond acceptors (Lipinski definition) is 4. The van der Waals surface area contributed by atoms with Gasteiger partial charge in [0, 0.05) is 5.56 Å². The van der Waals surface area contributed by atoms with Crippen molar-refractivity contribution in [2.45, 2.75) is 20.3 Å². The molecule has 0 saturated carbocycles. The molecule has 0 unspecified atom stereocenters. The average Bonchev–Trinajstić information content (AvgIpc) is 2.36. The SMILES string of the molecule is COc1cc(C(N)=S)ccc1NS(=O)(=O)CCC(C)C. The van der Waals surface area contributed by atoms with Crippen LogP contribution in [0.1, 0.15) is 25.8 Å². The number of rotatable bonds is 7. The van der Waals surface area contributed by atoms with Crippen molar-refractivity contribution in [1.82, 2.24) is 0 Å². The lowest BCUT2D eigenvalue weighted by Gasteiger charge is -2.13. The summed E-state index contributed by atoms with van der Waals surface area (Å²) in [5, 5.41) is 0. The summed E-state index contributed by atoms with van der Waals surface area (Å²) < 4.78 is 31.6. The minimum absolute atomic E-state index is 0.0743. The number of hydrogen-bond donors (Lipinski definition) is 2. The summed E-state index contributed by atoms with van der Waals surface area (Å²) in [6.45, 7) is 3.96. The third-order valence-electron chi connectivity index (χ3n) is 2.72. The van der Waals surface area contributed by atoms with Crippen LogP contribution in [-0.2, 0) is 10.0 Å². The summed E-state index contributed by atoms with van der Waals surface area (Å²) in [5.41, 5.74) is 6.55. The molecule has 0 aliphatic carbocycles. The van der Waals surface area contributed by atoms with Crippen LogP contribution in [0.3, 0.4) is 0 Å². The maximum absolute atomic E-state index is 12.0. The second-order valence-electron chi connectivity index (χ2n) is 4.88. The van der Waals surface area contributed by atoms with E-state index in [1.165, 1.54) is 7.11 Å². The highest BCUT2D eigenvalue weighted by Crippen LogP contribution is 2.26. The fourth-order valence-corrected chi connectivity index (χ4v) is 3.05. The zero-order valence-electron chi connectivity index (χ0n) is 11.8. The molecule has 0 spiro atoms. The lowest BCUT2D eigenvalue weighted by atomic mass is 10.2. The molecule has 0 aromatic heterocycles. The molecule has 7 heteroatoms. The van der Waals surface area contributed by atoms with Crippen LogP contribution in [-0.4, -0.2) is 26.3 Å². The smallest absolute Gasteiger partial charge is 0.232 e. The molecule has 0 aliphatic rings. The molecule has 0 saturated heterocycles. The molecule has 0 radical (unpaired) electrons. The average molecular weight is 316 g/mol. The van der Waals surface area contributed by atoms with Crippen LogP contribution in [0, 0.1) is 5.92 Å². The first-order valence-corrected chi connectivity index (χ1v) is 8.29. The Labute approximate surface area is 125 Å². The Balaban J connectivity index is 2.94. The number of anilines is 1. The van der Waals surface area contributed by atoms with Gasteiger partial charge >= 0.3 is 0 Å². The third kappa shape index (κ3) is 4.97. The zero-order valence-corrected chi connectivity index (χ0v) is 13.5. The highest BCUT2D eigenvalue weighted by Gasteiger charge is 2.15. The van der Waals surface area contributed by atoms with Gasteiger partial charge < -0.3 is 10.5 Å². The zero-order chi connectivity index (χ0) is 15.3. The molecule has 0 fully saturated rings. The first-order chi connectivity index (χ1) is 9.25. The molecule has 1 aromatic rings. The van der Waals surface area contributed by atoms with Gasteiger partial charge in [-0.05, 0) is 30.5 Å². The number of sulfonamides is 1. The van der Waals surface area contributed by atoms with Crippen molar-refractivity contribution in [3.63, 3.8) is 0 Å². The molecule has 0 aliphatic heterocycles. The molecular formula is C13H20N2O3S2. The summed E-state index contributed by atoms with van der Waals surface area (Å²) in [6.07, 6.45) is 0.600. The Morgan fingerprint density at radius 1 is 1.45 bits per heavy atom. The lowest BCUT2D eigenvalue weighted by Crippen LogP contribution is -2.18. The van der Waals surface area contributed by atoms with Gasteiger partial charge in [-0.1, -0.05) is 26.1 Å². The Hall–Kier alpha value is -1.34. The number of thiocarbonyl (C=S) groups is 1. The van der Waals surface area contributed by atoms with E-state index in [-0.39, 0.29) is 10.7 Å². The molecule has 3 N–H and O–H groups in total. The van der Waals surface area contributed by atoms with E-state index in [0.717, 1.165) is 0 Å². The van der Waals surface area contributed by atoms with E-state index < -0.39 is 10.0 Å². The van der Waals surface area contributed by atoms with E-state index in [0.29, 0.717) is 29.3 Å². The summed E-state index contributed by atoms with van der Waals surface area (Å²) in [5.74, 6) is 0.791. The highest BCUT2D eigenvalue weighted by molar-refractivity contribution is 7.92. The summed E-state index contributed by atoms with van der Waals surface area (Å²) in [4.78, 5) is 0.234. The first-order valence-electron chi connectivity index (χ1n) is 6.23. The molecule has 1 rings (SSSR count). The molecule has 0 heterocycles. The fourth-order valence-electron chi connectivity index (χ4n) is 1.54. The van der Waals surface area contributed by atoms with E-state index in [9.17, 15) is 8.42 Å². The van der Waals surface area contributed by atoms with Crippen LogP contribution in [0.15, 0.2) is 18.2 Å². The van der Waals surface area contributed by atoms with Gasteiger partial charge in [-0.3, -0.25) is 4.72 Å². The summed E-state index contributed by atoms with van der Waals surface area (Å²) in [6, 6.07) is 4.87. The van der Waals surface area contributed by atoms with Crippen LogP contribution in [0.5, 0.6) is 5.75 Å². The third-order valence-corrected chi connectivity index (χ3v) is 4.26. The molecule has 5 nitrogen and oxygen atoms in total. The van der Waals surface area contributed by atoms with E-state index in [1.807, 2.05) is 13.8 Å². The Kier molecular flexibility index (Phi) is 5.76. The van der Waals surface area contributed by atoms with Gasteiger partial charge in [0.15, 0.2) is 0 Å². The largest absolute Gasteiger partial charge is 0.495 e. The first kappa shape index (κ1) is 16.7. The molecule has 0 amide bonds. The maximum atomic E-state index is 12.0. The van der Waals surface area contributed by atoms with Crippen LogP contribution >= 0.6 is 12.2 Å². The van der Waals surface area contributed by atoms with E-state index in [1.54, 1.807) is 18.2 Å². The van der Waals surface area contributed by atoms with Crippen molar-refractivity contribution in [2.24, 2.45) is 11.7 Å². The number of methoxy groups -OCH3 is 1. The predicted octanol–water partition coefficient (Wildman–Crippen LogP) is 2.12. The van der Waals surface area contributed by atoms with Gasteiger partial charge in [-0.15, -0.1) is 0 Å². The fraction of sp³-hybridized carbons (Fsp3) is 0.462. The number of nitrogens with two attached hydrogens (primary N) is 1. The van der Waals surface area contributed by atoms with Gasteiger partial charge in [-0.25, -0.2) is 8.42 Å². The van der Waals surface area contributed by atoms with Crippen LogP contribution < -0.4 is 15.2 Å². The van der Waals surface area contributed by atoms with Gasteiger partial charge in [-0.2, -0.15) is 0 Å². The monoisotopic (exact) mass is 316 g/mol. The maximum Gasteiger partial charge on any atom is 0.232 e. The Morgan fingerprint density at radius 2 is 2.10 bits per heavy atom. The second-order valence-corrected chi connectivity index (χ2v) is 7.16. The van der Waals surface area contributed by atoms with Gasteiger partial charge in [0.25, 0.3) is 0 Å². The minimum atomic E-state index is -3.39. The molecule has 1 aromatic carbocycles. The van der Waals surface area contributed by atoms with Crippen LogP contribution in [0.2, 0.25) is 0 Å². The number of ether oxygens (including phenoxy) is 1. The molecular weight excluding hydrogens is 296 g/mol. The number of benzene rings is 1. The van der Waals surface area contributed by atoms with E-state index in [4.69, 9.17) is 22.7 Å². The minimum Gasteiger partial charge on any atom is -0.495 e. The van der Waals surface area contributed by atoms with Crippen LogP contribution in [0.25, 0.3) is 0 Å². The van der Waals surface area contributed by atoms with Crippen molar-refractivity contribution in [3.05, 3.63) is 23.8 Å². The van der Waals surface area contributed by atoms with Crippen molar-refractivity contribution >= 4 is 32.9 Å². The topological polar surface area (TPSA) is 81.4 Å². The predicted molar refractivity (Wildman–Crippen MR) is 85.7 cm³/mol. The quantitative estimate of drug-likeness (QED) is 0.753. The normalized spacial score (nSPS) is 11.4. The van der Waals surface area contributed by atoms with Crippen molar-refractivity contribution < 1.29 is 13.2 Å². The highest BCUT2D eigenvalue weighted by atomic mass is 32.2. The lowest BCUT2D eigenvalue weighted by molar-refractivity contribution is 0.417. The molecule has 112 valence electrons. The van der Waals surface area contributed by atoms with Crippen molar-refractivity contribution in [2.75, 3.05) is 17.6 Å². The van der Waals surface area contributed by atoms with E-state index in [2.05, 4.69) is 4.72 Å². The molecule has 20 heavy (non-hydrogen) atoms.